The second-order valence-electron chi connectivity index (χ2n) is 4.16. The van der Waals surface area contributed by atoms with Gasteiger partial charge in [0, 0.05) is 11.6 Å². The van der Waals surface area contributed by atoms with Gasteiger partial charge in [0.05, 0.1) is 0 Å². The lowest BCUT2D eigenvalue weighted by atomic mass is 9.91. The maximum Gasteiger partial charge on any atom is 0.128 e. The summed E-state index contributed by atoms with van der Waals surface area (Å²) in [6.07, 6.45) is 3.08. The number of rotatable bonds is 6. The molecule has 0 amide bonds. The van der Waals surface area contributed by atoms with Crippen molar-refractivity contribution in [3.8, 4) is 0 Å². The van der Waals surface area contributed by atoms with E-state index in [2.05, 4.69) is 19.3 Å². The molecule has 0 aliphatic carbocycles. The minimum atomic E-state index is -0.184. The third kappa shape index (κ3) is 3.29. The van der Waals surface area contributed by atoms with Gasteiger partial charge in [-0.3, -0.25) is 11.3 Å². The fraction of sp³-hybridized carbons (Fsp3) is 0.538. The molecule has 90 valence electrons. The van der Waals surface area contributed by atoms with Gasteiger partial charge >= 0.3 is 0 Å². The predicted octanol–water partition coefficient (Wildman–Crippen LogP) is 3.16. The van der Waals surface area contributed by atoms with E-state index in [-0.39, 0.29) is 11.9 Å². The van der Waals surface area contributed by atoms with E-state index in [1.807, 2.05) is 6.07 Å². The second kappa shape index (κ2) is 6.61. The highest BCUT2D eigenvalue weighted by atomic mass is 19.1. The van der Waals surface area contributed by atoms with Crippen LogP contribution in [0.25, 0.3) is 0 Å². The van der Waals surface area contributed by atoms with Crippen molar-refractivity contribution in [3.63, 3.8) is 0 Å². The maximum atomic E-state index is 13.6. The Balaban J connectivity index is 2.78. The summed E-state index contributed by atoms with van der Waals surface area (Å²) in [6, 6.07) is 6.72. The number of hydrogen-bond acceptors (Lipinski definition) is 2. The van der Waals surface area contributed by atoms with Crippen molar-refractivity contribution < 1.29 is 4.39 Å². The molecule has 0 fully saturated rings. The maximum absolute atomic E-state index is 13.6. The topological polar surface area (TPSA) is 38.0 Å². The van der Waals surface area contributed by atoms with Crippen LogP contribution in [0.3, 0.4) is 0 Å². The summed E-state index contributed by atoms with van der Waals surface area (Å²) in [6.45, 7) is 4.31. The largest absolute Gasteiger partial charge is 0.271 e. The minimum absolute atomic E-state index is 0.0916. The smallest absolute Gasteiger partial charge is 0.128 e. The fourth-order valence-corrected chi connectivity index (χ4v) is 2.00. The van der Waals surface area contributed by atoms with Crippen LogP contribution in [0.4, 0.5) is 4.39 Å². The molecule has 0 saturated heterocycles. The molecule has 1 unspecified atom stereocenters. The van der Waals surface area contributed by atoms with Crippen LogP contribution in [0.1, 0.15) is 44.7 Å². The molecule has 3 N–H and O–H groups in total. The third-order valence-corrected chi connectivity index (χ3v) is 3.21. The van der Waals surface area contributed by atoms with Crippen molar-refractivity contribution >= 4 is 0 Å². The van der Waals surface area contributed by atoms with Crippen LogP contribution in [0, 0.1) is 11.7 Å². The van der Waals surface area contributed by atoms with Crippen LogP contribution >= 0.6 is 0 Å². The molecule has 0 aliphatic heterocycles. The molecule has 0 radical (unpaired) electrons. The van der Waals surface area contributed by atoms with Crippen LogP contribution in [0.15, 0.2) is 24.3 Å². The van der Waals surface area contributed by atoms with Gasteiger partial charge in [-0.05, 0) is 18.4 Å². The zero-order valence-electron chi connectivity index (χ0n) is 10.0. The van der Waals surface area contributed by atoms with E-state index in [0.717, 1.165) is 19.3 Å². The SMILES string of the molecule is CCC(CC)CC(NN)c1ccccc1F. The van der Waals surface area contributed by atoms with E-state index in [1.54, 1.807) is 12.1 Å². The summed E-state index contributed by atoms with van der Waals surface area (Å²) in [7, 11) is 0. The number of nitrogens with one attached hydrogen (secondary N) is 1. The highest BCUT2D eigenvalue weighted by Crippen LogP contribution is 2.26. The Morgan fingerprint density at radius 1 is 1.25 bits per heavy atom. The van der Waals surface area contributed by atoms with Crippen LogP contribution in [0.5, 0.6) is 0 Å². The summed E-state index contributed by atoms with van der Waals surface area (Å²) in [5, 5.41) is 0. The molecule has 0 saturated carbocycles. The molecule has 1 atom stereocenters. The lowest BCUT2D eigenvalue weighted by Crippen LogP contribution is -2.30. The molecule has 2 nitrogen and oxygen atoms in total. The molecule has 0 heterocycles. The van der Waals surface area contributed by atoms with Gasteiger partial charge in [0.15, 0.2) is 0 Å². The summed E-state index contributed by atoms with van der Waals surface area (Å²) in [5.41, 5.74) is 3.38. The minimum Gasteiger partial charge on any atom is -0.271 e. The van der Waals surface area contributed by atoms with Crippen molar-refractivity contribution in [3.05, 3.63) is 35.6 Å². The highest BCUT2D eigenvalue weighted by molar-refractivity contribution is 5.21. The molecule has 16 heavy (non-hydrogen) atoms. The average Bonchev–Trinajstić information content (AvgIpc) is 2.32. The first-order valence-electron chi connectivity index (χ1n) is 5.93. The predicted molar refractivity (Wildman–Crippen MR) is 65.2 cm³/mol. The molecule has 0 aliphatic rings. The standard InChI is InChI=1S/C13H21FN2/c1-3-10(4-2)9-13(16-15)11-7-5-6-8-12(11)14/h5-8,10,13,16H,3-4,9,15H2,1-2H3. The molecule has 0 aromatic heterocycles. The van der Waals surface area contributed by atoms with Crippen molar-refractivity contribution in [2.45, 2.75) is 39.2 Å². The first-order valence-corrected chi connectivity index (χ1v) is 5.93. The lowest BCUT2D eigenvalue weighted by molar-refractivity contribution is 0.367. The van der Waals surface area contributed by atoms with Gasteiger partial charge < -0.3 is 0 Å². The van der Waals surface area contributed by atoms with Gasteiger partial charge in [-0.2, -0.15) is 0 Å². The van der Waals surface area contributed by atoms with Crippen LogP contribution in [-0.2, 0) is 0 Å². The van der Waals surface area contributed by atoms with E-state index in [9.17, 15) is 4.39 Å². The summed E-state index contributed by atoms with van der Waals surface area (Å²) in [4.78, 5) is 0. The van der Waals surface area contributed by atoms with Gasteiger partial charge in [0.25, 0.3) is 0 Å². The number of benzene rings is 1. The van der Waals surface area contributed by atoms with Gasteiger partial charge in [-0.25, -0.2) is 4.39 Å². The van der Waals surface area contributed by atoms with E-state index in [4.69, 9.17) is 5.84 Å². The van der Waals surface area contributed by atoms with Crippen molar-refractivity contribution in [2.24, 2.45) is 11.8 Å². The van der Waals surface area contributed by atoms with E-state index >= 15 is 0 Å². The van der Waals surface area contributed by atoms with Crippen LogP contribution < -0.4 is 11.3 Å². The monoisotopic (exact) mass is 224 g/mol. The third-order valence-electron chi connectivity index (χ3n) is 3.21. The average molecular weight is 224 g/mol. The Hall–Kier alpha value is -0.930. The number of nitrogens with two attached hydrogens (primary N) is 1. The number of halogens is 1. The highest BCUT2D eigenvalue weighted by Gasteiger charge is 2.17. The Bertz CT molecular complexity index is 311. The van der Waals surface area contributed by atoms with Crippen molar-refractivity contribution in [1.29, 1.82) is 0 Å². The quantitative estimate of drug-likeness (QED) is 0.575. The van der Waals surface area contributed by atoms with Gasteiger partial charge in [0.1, 0.15) is 5.82 Å². The number of hydrazine groups is 1. The Kier molecular flexibility index (Phi) is 5.43. The first-order chi connectivity index (χ1) is 7.72. The first kappa shape index (κ1) is 13.1. The van der Waals surface area contributed by atoms with Crippen LogP contribution in [-0.4, -0.2) is 0 Å². The Labute approximate surface area is 97.0 Å². The summed E-state index contributed by atoms with van der Waals surface area (Å²) < 4.78 is 13.6. The summed E-state index contributed by atoms with van der Waals surface area (Å²) in [5.74, 6) is 5.91. The summed E-state index contributed by atoms with van der Waals surface area (Å²) >= 11 is 0. The van der Waals surface area contributed by atoms with Gasteiger partial charge in [0.2, 0.25) is 0 Å². The zero-order valence-corrected chi connectivity index (χ0v) is 10.0. The van der Waals surface area contributed by atoms with Crippen LogP contribution in [0.2, 0.25) is 0 Å². The second-order valence-corrected chi connectivity index (χ2v) is 4.16. The van der Waals surface area contributed by atoms with E-state index in [1.165, 1.54) is 6.07 Å². The molecule has 3 heteroatoms. The molecule has 1 rings (SSSR count). The molecule has 0 spiro atoms. The molecular formula is C13H21FN2. The van der Waals surface area contributed by atoms with Crippen molar-refractivity contribution in [1.82, 2.24) is 5.43 Å². The molecule has 0 bridgehead atoms. The number of hydrogen-bond donors (Lipinski definition) is 2. The van der Waals surface area contributed by atoms with E-state index in [0.29, 0.717) is 11.5 Å². The molecule has 1 aromatic carbocycles. The van der Waals surface area contributed by atoms with Gasteiger partial charge in [-0.15, -0.1) is 0 Å². The normalized spacial score (nSPS) is 13.1. The lowest BCUT2D eigenvalue weighted by Gasteiger charge is -2.21. The molecule has 1 aromatic rings. The Morgan fingerprint density at radius 2 is 1.88 bits per heavy atom. The van der Waals surface area contributed by atoms with E-state index < -0.39 is 0 Å². The zero-order chi connectivity index (χ0) is 12.0. The van der Waals surface area contributed by atoms with Crippen molar-refractivity contribution in [2.75, 3.05) is 0 Å². The van der Waals surface area contributed by atoms with Gasteiger partial charge in [-0.1, -0.05) is 44.9 Å². The fourth-order valence-electron chi connectivity index (χ4n) is 2.00. The Morgan fingerprint density at radius 3 is 2.38 bits per heavy atom. The molecular weight excluding hydrogens is 203 g/mol.